The highest BCUT2D eigenvalue weighted by Crippen LogP contribution is 2.17. The molecular formula is C14H12FN3O2S. The quantitative estimate of drug-likeness (QED) is 0.841. The van der Waals surface area contributed by atoms with Crippen LogP contribution in [0.5, 0.6) is 0 Å². The van der Waals surface area contributed by atoms with Crippen LogP contribution in [0.2, 0.25) is 0 Å². The van der Waals surface area contributed by atoms with Crippen molar-refractivity contribution in [3.8, 4) is 0 Å². The largest absolute Gasteiger partial charge is 0.389 e. The molecule has 2 aromatic rings. The van der Waals surface area contributed by atoms with Gasteiger partial charge in [-0.1, -0.05) is 12.2 Å². The Balaban J connectivity index is 2.33. The molecule has 0 aliphatic rings. The van der Waals surface area contributed by atoms with Gasteiger partial charge in [0.05, 0.1) is 5.69 Å². The molecule has 0 unspecified atom stereocenters. The van der Waals surface area contributed by atoms with Gasteiger partial charge < -0.3 is 15.6 Å². The fraction of sp³-hybridized carbons (Fsp3) is 0.0714. The molecule has 1 aromatic heterocycles. The number of pyridine rings is 1. The summed E-state index contributed by atoms with van der Waals surface area (Å²) in [4.78, 5) is 23.6. The molecule has 1 amide bonds. The van der Waals surface area contributed by atoms with Crippen molar-refractivity contribution in [3.63, 3.8) is 0 Å². The highest BCUT2D eigenvalue weighted by Gasteiger charge is 2.12. The van der Waals surface area contributed by atoms with E-state index in [1.807, 2.05) is 0 Å². The topological polar surface area (TPSA) is 77.1 Å². The fourth-order valence-electron chi connectivity index (χ4n) is 1.71. The summed E-state index contributed by atoms with van der Waals surface area (Å²) in [5, 5.41) is 2.56. The molecule has 1 aromatic carbocycles. The van der Waals surface area contributed by atoms with E-state index in [9.17, 15) is 14.0 Å². The van der Waals surface area contributed by atoms with Gasteiger partial charge in [-0.05, 0) is 24.3 Å². The van der Waals surface area contributed by atoms with E-state index in [1.54, 1.807) is 7.05 Å². The number of halogens is 1. The molecule has 108 valence electrons. The molecule has 0 saturated heterocycles. The van der Waals surface area contributed by atoms with Crippen LogP contribution in [0.25, 0.3) is 0 Å². The number of aromatic nitrogens is 1. The summed E-state index contributed by atoms with van der Waals surface area (Å²) in [6.07, 6.45) is 1.48. The van der Waals surface area contributed by atoms with Crippen molar-refractivity contribution in [3.05, 3.63) is 63.8 Å². The Hall–Kier alpha value is -2.54. The van der Waals surface area contributed by atoms with Gasteiger partial charge >= 0.3 is 0 Å². The average Bonchev–Trinajstić information content (AvgIpc) is 2.43. The van der Waals surface area contributed by atoms with Crippen LogP contribution in [0.4, 0.5) is 10.1 Å². The van der Waals surface area contributed by atoms with Crippen LogP contribution in [0.15, 0.2) is 41.3 Å². The summed E-state index contributed by atoms with van der Waals surface area (Å²) >= 11 is 4.82. The Morgan fingerprint density at radius 1 is 1.33 bits per heavy atom. The highest BCUT2D eigenvalue weighted by molar-refractivity contribution is 7.80. The number of aryl methyl sites for hydroxylation is 1. The van der Waals surface area contributed by atoms with Crippen LogP contribution in [0.1, 0.15) is 15.9 Å². The Bertz CT molecular complexity index is 786. The van der Waals surface area contributed by atoms with Gasteiger partial charge in [0.1, 0.15) is 10.8 Å². The van der Waals surface area contributed by atoms with Crippen molar-refractivity contribution < 1.29 is 9.18 Å². The van der Waals surface area contributed by atoms with Gasteiger partial charge in [-0.3, -0.25) is 9.59 Å². The second-order valence-corrected chi connectivity index (χ2v) is 4.81. The number of amides is 1. The van der Waals surface area contributed by atoms with Gasteiger partial charge in [0, 0.05) is 30.4 Å². The molecule has 0 atom stereocenters. The molecule has 0 aliphatic heterocycles. The number of anilines is 1. The molecule has 0 aliphatic carbocycles. The standard InChI is InChI=1S/C14H12FN3O2S/c1-18-5-4-8(6-12(18)19)14(20)17-11-3-2-9(15)7-10(11)13(16)21/h2-7H,1H3,(H2,16,21)(H,17,20). The Kier molecular flexibility index (Phi) is 4.13. The van der Waals surface area contributed by atoms with Gasteiger partial charge in [-0.25, -0.2) is 4.39 Å². The van der Waals surface area contributed by atoms with Crippen LogP contribution >= 0.6 is 12.2 Å². The number of thiocarbonyl (C=S) groups is 1. The molecule has 0 spiro atoms. The van der Waals surface area contributed by atoms with Crippen molar-refractivity contribution in [1.29, 1.82) is 0 Å². The predicted molar refractivity (Wildman–Crippen MR) is 81.9 cm³/mol. The third kappa shape index (κ3) is 3.32. The number of nitrogens with one attached hydrogen (secondary N) is 1. The van der Waals surface area contributed by atoms with Crippen LogP contribution in [0, 0.1) is 5.82 Å². The minimum Gasteiger partial charge on any atom is -0.389 e. The molecule has 0 fully saturated rings. The molecule has 5 nitrogen and oxygen atoms in total. The number of nitrogens with two attached hydrogens (primary N) is 1. The zero-order chi connectivity index (χ0) is 15.6. The van der Waals surface area contributed by atoms with E-state index in [1.165, 1.54) is 35.0 Å². The molecule has 1 heterocycles. The van der Waals surface area contributed by atoms with Crippen molar-refractivity contribution in [2.75, 3.05) is 5.32 Å². The third-order valence-electron chi connectivity index (χ3n) is 2.86. The second kappa shape index (κ2) is 5.84. The van der Waals surface area contributed by atoms with Gasteiger partial charge in [0.15, 0.2) is 0 Å². The number of benzene rings is 1. The van der Waals surface area contributed by atoms with Gasteiger partial charge in [-0.15, -0.1) is 0 Å². The summed E-state index contributed by atoms with van der Waals surface area (Å²) in [5.74, 6) is -1.01. The van der Waals surface area contributed by atoms with E-state index in [0.29, 0.717) is 0 Å². The Morgan fingerprint density at radius 2 is 2.05 bits per heavy atom. The molecular weight excluding hydrogens is 293 g/mol. The fourth-order valence-corrected chi connectivity index (χ4v) is 1.88. The van der Waals surface area contributed by atoms with Crippen molar-refractivity contribution in [2.24, 2.45) is 12.8 Å². The van der Waals surface area contributed by atoms with Crippen LogP contribution < -0.4 is 16.6 Å². The number of rotatable bonds is 3. The summed E-state index contributed by atoms with van der Waals surface area (Å²) in [6.45, 7) is 0. The minimum absolute atomic E-state index is 0.0335. The lowest BCUT2D eigenvalue weighted by atomic mass is 10.1. The van der Waals surface area contributed by atoms with Crippen molar-refractivity contribution in [1.82, 2.24) is 4.57 Å². The monoisotopic (exact) mass is 305 g/mol. The minimum atomic E-state index is -0.510. The number of nitrogens with zero attached hydrogens (tertiary/aromatic N) is 1. The lowest BCUT2D eigenvalue weighted by Gasteiger charge is -2.10. The number of hydrogen-bond donors (Lipinski definition) is 2. The first kappa shape index (κ1) is 14.9. The SMILES string of the molecule is Cn1ccc(C(=O)Nc2ccc(F)cc2C(N)=S)cc1=O. The van der Waals surface area contributed by atoms with Crippen LogP contribution in [-0.2, 0) is 7.05 Å². The smallest absolute Gasteiger partial charge is 0.255 e. The lowest BCUT2D eigenvalue weighted by molar-refractivity contribution is 0.102. The van der Waals surface area contributed by atoms with Crippen LogP contribution in [0.3, 0.4) is 0 Å². The summed E-state index contributed by atoms with van der Waals surface area (Å²) < 4.78 is 14.5. The first-order valence-electron chi connectivity index (χ1n) is 5.96. The summed E-state index contributed by atoms with van der Waals surface area (Å²) in [6, 6.07) is 6.39. The number of carbonyl (C=O) groups excluding carboxylic acids is 1. The maximum Gasteiger partial charge on any atom is 0.255 e. The second-order valence-electron chi connectivity index (χ2n) is 4.37. The first-order chi connectivity index (χ1) is 9.88. The van der Waals surface area contributed by atoms with E-state index in [0.717, 1.165) is 6.07 Å². The van der Waals surface area contributed by atoms with E-state index >= 15 is 0 Å². The highest BCUT2D eigenvalue weighted by atomic mass is 32.1. The van der Waals surface area contributed by atoms with E-state index in [4.69, 9.17) is 18.0 Å². The molecule has 0 radical (unpaired) electrons. The zero-order valence-electron chi connectivity index (χ0n) is 11.1. The van der Waals surface area contributed by atoms with Crippen molar-refractivity contribution in [2.45, 2.75) is 0 Å². The first-order valence-corrected chi connectivity index (χ1v) is 6.36. The molecule has 2 rings (SSSR count). The molecule has 7 heteroatoms. The van der Waals surface area contributed by atoms with Crippen molar-refractivity contribution >= 4 is 28.8 Å². The molecule has 0 bridgehead atoms. The lowest BCUT2D eigenvalue weighted by Crippen LogP contribution is -2.21. The average molecular weight is 305 g/mol. The molecule has 21 heavy (non-hydrogen) atoms. The van der Waals surface area contributed by atoms with Gasteiger partial charge in [0.25, 0.3) is 11.5 Å². The zero-order valence-corrected chi connectivity index (χ0v) is 11.9. The number of carbonyl (C=O) groups is 1. The van der Waals surface area contributed by atoms with Gasteiger partial charge in [0.2, 0.25) is 0 Å². The normalized spacial score (nSPS) is 10.2. The Labute approximate surface area is 125 Å². The summed E-state index contributed by atoms with van der Waals surface area (Å²) in [5.41, 5.74) is 5.89. The van der Waals surface area contributed by atoms with Crippen LogP contribution in [-0.4, -0.2) is 15.5 Å². The van der Waals surface area contributed by atoms with E-state index < -0.39 is 11.7 Å². The third-order valence-corrected chi connectivity index (χ3v) is 3.08. The molecule has 0 saturated carbocycles. The van der Waals surface area contributed by atoms with Gasteiger partial charge in [-0.2, -0.15) is 0 Å². The maximum atomic E-state index is 13.2. The number of hydrogen-bond acceptors (Lipinski definition) is 3. The predicted octanol–water partition coefficient (Wildman–Crippen LogP) is 1.41. The van der Waals surface area contributed by atoms with E-state index in [2.05, 4.69) is 5.32 Å². The molecule has 3 N–H and O–H groups in total. The summed E-state index contributed by atoms with van der Waals surface area (Å²) in [7, 11) is 1.58. The Morgan fingerprint density at radius 3 is 2.67 bits per heavy atom. The van der Waals surface area contributed by atoms with E-state index in [-0.39, 0.29) is 27.4 Å². The maximum absolute atomic E-state index is 13.2.